The third-order valence-corrected chi connectivity index (χ3v) is 2.22. The number of phenolic OH excluding ortho intramolecular Hbond substituents is 1. The number of nitrogens with two attached hydrogens (primary N) is 1. The number of nitrogens with zero attached hydrogens (tertiary/aromatic N) is 2. The Morgan fingerprint density at radius 2 is 2.33 bits per heavy atom. The molecule has 94 valence electrons. The number of benzene rings is 1. The van der Waals surface area contributed by atoms with Crippen molar-refractivity contribution in [3.05, 3.63) is 24.0 Å². The van der Waals surface area contributed by atoms with Crippen molar-refractivity contribution in [2.24, 2.45) is 0 Å². The first-order valence-corrected chi connectivity index (χ1v) is 5.32. The van der Waals surface area contributed by atoms with E-state index in [-0.39, 0.29) is 17.5 Å². The summed E-state index contributed by atoms with van der Waals surface area (Å²) in [6.45, 7) is 2.25. The van der Waals surface area contributed by atoms with Gasteiger partial charge in [0.25, 0.3) is 17.6 Å². The minimum absolute atomic E-state index is 0.0637. The molecule has 1 heterocycles. The maximum atomic E-state index is 11.4. The summed E-state index contributed by atoms with van der Waals surface area (Å²) in [5.41, 5.74) is 6.25. The maximum Gasteiger partial charge on any atom is 0.292 e. The van der Waals surface area contributed by atoms with Gasteiger partial charge < -0.3 is 20.7 Å². The molecule has 7 nitrogen and oxygen atoms in total. The van der Waals surface area contributed by atoms with Gasteiger partial charge in [-0.2, -0.15) is 4.98 Å². The number of carbonyl (C=O) groups excluding carboxylic acids is 1. The third-order valence-electron chi connectivity index (χ3n) is 2.22. The number of aromatic hydroxyl groups is 1. The molecule has 0 spiro atoms. The van der Waals surface area contributed by atoms with Crippen LogP contribution < -0.4 is 11.1 Å². The van der Waals surface area contributed by atoms with Crippen LogP contribution in [-0.4, -0.2) is 27.7 Å². The molecular weight excluding hydrogens is 236 g/mol. The minimum Gasteiger partial charge on any atom is -0.507 e. The highest BCUT2D eigenvalue weighted by Crippen LogP contribution is 2.29. The number of carbonyl (C=O) groups is 1. The molecular formula is C11H12N4O3. The fraction of sp³-hybridized carbons (Fsp3) is 0.182. The van der Waals surface area contributed by atoms with Crippen LogP contribution in [0.15, 0.2) is 22.7 Å². The van der Waals surface area contributed by atoms with Crippen LogP contribution in [0.5, 0.6) is 5.75 Å². The molecule has 1 aromatic heterocycles. The largest absolute Gasteiger partial charge is 0.507 e. The van der Waals surface area contributed by atoms with Crippen LogP contribution in [0.2, 0.25) is 0 Å². The van der Waals surface area contributed by atoms with Crippen molar-refractivity contribution in [3.63, 3.8) is 0 Å². The van der Waals surface area contributed by atoms with Crippen molar-refractivity contribution >= 4 is 11.6 Å². The molecule has 0 aliphatic carbocycles. The van der Waals surface area contributed by atoms with Crippen molar-refractivity contribution < 1.29 is 14.4 Å². The summed E-state index contributed by atoms with van der Waals surface area (Å²) in [6.07, 6.45) is 0. The molecule has 1 amide bonds. The smallest absolute Gasteiger partial charge is 0.292 e. The predicted octanol–water partition coefficient (Wildman–Crippen LogP) is 0.774. The van der Waals surface area contributed by atoms with E-state index in [0.717, 1.165) is 0 Å². The number of hydrogen-bond acceptors (Lipinski definition) is 6. The topological polar surface area (TPSA) is 114 Å². The van der Waals surface area contributed by atoms with E-state index in [1.54, 1.807) is 19.1 Å². The van der Waals surface area contributed by atoms with E-state index in [1.807, 2.05) is 0 Å². The zero-order chi connectivity index (χ0) is 13.1. The lowest BCUT2D eigenvalue weighted by molar-refractivity contribution is 0.0942. The van der Waals surface area contributed by atoms with Gasteiger partial charge in [0.05, 0.1) is 5.56 Å². The molecule has 0 aliphatic rings. The van der Waals surface area contributed by atoms with Gasteiger partial charge in [-0.1, -0.05) is 5.16 Å². The summed E-state index contributed by atoms with van der Waals surface area (Å²) >= 11 is 0. The second-order valence-corrected chi connectivity index (χ2v) is 3.56. The Balaban J connectivity index is 2.32. The second kappa shape index (κ2) is 4.74. The van der Waals surface area contributed by atoms with Gasteiger partial charge in [-0.25, -0.2) is 0 Å². The first-order valence-electron chi connectivity index (χ1n) is 5.32. The van der Waals surface area contributed by atoms with Gasteiger partial charge in [0.15, 0.2) is 0 Å². The number of anilines is 1. The van der Waals surface area contributed by atoms with Gasteiger partial charge in [-0.15, -0.1) is 0 Å². The van der Waals surface area contributed by atoms with Crippen LogP contribution >= 0.6 is 0 Å². The SMILES string of the molecule is CCNC(=O)c1noc(-c2ccc(N)cc2O)n1. The van der Waals surface area contributed by atoms with Crippen molar-refractivity contribution in [1.29, 1.82) is 0 Å². The van der Waals surface area contributed by atoms with Gasteiger partial charge in [0.1, 0.15) is 5.75 Å². The van der Waals surface area contributed by atoms with E-state index in [4.69, 9.17) is 10.3 Å². The first-order chi connectivity index (χ1) is 8.61. The first kappa shape index (κ1) is 11.9. The molecule has 0 radical (unpaired) electrons. The number of aromatic nitrogens is 2. The molecule has 2 rings (SSSR count). The Morgan fingerprint density at radius 1 is 1.56 bits per heavy atom. The minimum atomic E-state index is -0.428. The third kappa shape index (κ3) is 2.24. The average molecular weight is 248 g/mol. The Bertz CT molecular complexity index is 579. The molecule has 0 saturated carbocycles. The van der Waals surface area contributed by atoms with Crippen molar-refractivity contribution in [3.8, 4) is 17.2 Å². The summed E-state index contributed by atoms with van der Waals surface area (Å²) in [6, 6.07) is 4.50. The van der Waals surface area contributed by atoms with E-state index < -0.39 is 5.91 Å². The lowest BCUT2D eigenvalue weighted by Crippen LogP contribution is -2.23. The predicted molar refractivity (Wildman–Crippen MR) is 63.8 cm³/mol. The van der Waals surface area contributed by atoms with Crippen molar-refractivity contribution in [2.75, 3.05) is 12.3 Å². The number of phenols is 1. The standard InChI is InChI=1S/C11H12N4O3/c1-2-13-10(17)9-14-11(18-15-9)7-4-3-6(12)5-8(7)16/h3-5,16H,2,12H2,1H3,(H,13,17). The van der Waals surface area contributed by atoms with Gasteiger partial charge in [-0.05, 0) is 19.1 Å². The van der Waals surface area contributed by atoms with E-state index in [0.29, 0.717) is 17.8 Å². The van der Waals surface area contributed by atoms with Crippen LogP contribution in [0.25, 0.3) is 11.5 Å². The molecule has 4 N–H and O–H groups in total. The van der Waals surface area contributed by atoms with Crippen LogP contribution in [0.4, 0.5) is 5.69 Å². The Hall–Kier alpha value is -2.57. The number of hydrogen-bond donors (Lipinski definition) is 3. The van der Waals surface area contributed by atoms with Crippen LogP contribution in [0, 0.1) is 0 Å². The average Bonchev–Trinajstić information content (AvgIpc) is 2.78. The van der Waals surface area contributed by atoms with Gasteiger partial charge >= 0.3 is 0 Å². The van der Waals surface area contributed by atoms with Crippen LogP contribution in [-0.2, 0) is 0 Å². The lowest BCUT2D eigenvalue weighted by Gasteiger charge is -1.99. The molecule has 0 unspecified atom stereocenters. The lowest BCUT2D eigenvalue weighted by atomic mass is 10.2. The van der Waals surface area contributed by atoms with Gasteiger partial charge in [-0.3, -0.25) is 4.79 Å². The fourth-order valence-corrected chi connectivity index (χ4v) is 1.39. The van der Waals surface area contributed by atoms with Gasteiger partial charge in [0, 0.05) is 18.3 Å². The van der Waals surface area contributed by atoms with Crippen LogP contribution in [0.3, 0.4) is 0 Å². The summed E-state index contributed by atoms with van der Waals surface area (Å²) in [5, 5.41) is 15.8. The molecule has 1 aromatic carbocycles. The van der Waals surface area contributed by atoms with Crippen molar-refractivity contribution in [2.45, 2.75) is 6.92 Å². The number of rotatable bonds is 3. The highest BCUT2D eigenvalue weighted by molar-refractivity contribution is 5.90. The molecule has 0 atom stereocenters. The van der Waals surface area contributed by atoms with E-state index >= 15 is 0 Å². The van der Waals surface area contributed by atoms with Gasteiger partial charge in [0.2, 0.25) is 0 Å². The maximum absolute atomic E-state index is 11.4. The number of amides is 1. The second-order valence-electron chi connectivity index (χ2n) is 3.56. The number of nitrogens with one attached hydrogen (secondary N) is 1. The fourth-order valence-electron chi connectivity index (χ4n) is 1.39. The quantitative estimate of drug-likeness (QED) is 0.691. The Labute approximate surface area is 103 Å². The molecule has 0 saturated heterocycles. The van der Waals surface area contributed by atoms with E-state index in [9.17, 15) is 9.90 Å². The van der Waals surface area contributed by atoms with E-state index in [2.05, 4.69) is 15.5 Å². The van der Waals surface area contributed by atoms with E-state index in [1.165, 1.54) is 6.07 Å². The van der Waals surface area contributed by atoms with Crippen LogP contribution in [0.1, 0.15) is 17.5 Å². The summed E-state index contributed by atoms with van der Waals surface area (Å²) < 4.78 is 4.92. The molecule has 18 heavy (non-hydrogen) atoms. The number of nitrogen functional groups attached to an aromatic ring is 1. The summed E-state index contributed by atoms with van der Waals surface area (Å²) in [7, 11) is 0. The van der Waals surface area contributed by atoms with Crippen molar-refractivity contribution in [1.82, 2.24) is 15.5 Å². The normalized spacial score (nSPS) is 10.3. The highest BCUT2D eigenvalue weighted by Gasteiger charge is 2.17. The zero-order valence-electron chi connectivity index (χ0n) is 9.67. The highest BCUT2D eigenvalue weighted by atomic mass is 16.5. The summed E-state index contributed by atoms with van der Waals surface area (Å²) in [4.78, 5) is 15.3. The monoisotopic (exact) mass is 248 g/mol. The zero-order valence-corrected chi connectivity index (χ0v) is 9.67. The Morgan fingerprint density at radius 3 is 3.00 bits per heavy atom. The summed E-state index contributed by atoms with van der Waals surface area (Å²) in [5.74, 6) is -0.527. The molecule has 0 fully saturated rings. The molecule has 0 aliphatic heterocycles. The molecule has 0 bridgehead atoms. The molecule has 7 heteroatoms. The Kier molecular flexibility index (Phi) is 3.13. The molecule has 2 aromatic rings.